The topological polar surface area (TPSA) is 79.2 Å². The average Bonchev–Trinajstić information content (AvgIpc) is 2.81. The molecule has 1 aliphatic heterocycles. The van der Waals surface area contributed by atoms with Crippen LogP contribution in [0.3, 0.4) is 0 Å². The summed E-state index contributed by atoms with van der Waals surface area (Å²) in [6.45, 7) is 0.897. The van der Waals surface area contributed by atoms with Gasteiger partial charge in [0.2, 0.25) is 10.0 Å². The van der Waals surface area contributed by atoms with E-state index >= 15 is 0 Å². The molecule has 0 aromatic heterocycles. The van der Waals surface area contributed by atoms with Gasteiger partial charge in [-0.05, 0) is 24.6 Å². The Bertz CT molecular complexity index is 589. The molecule has 0 amide bonds. The van der Waals surface area contributed by atoms with Gasteiger partial charge in [-0.15, -0.1) is 0 Å². The molecule has 0 spiro atoms. The fourth-order valence-corrected chi connectivity index (χ4v) is 3.47. The maximum absolute atomic E-state index is 12.1. The van der Waals surface area contributed by atoms with E-state index in [1.165, 1.54) is 18.2 Å². The molecule has 1 fully saturated rings. The fourth-order valence-electron chi connectivity index (χ4n) is 1.69. The summed E-state index contributed by atoms with van der Waals surface area (Å²) in [5, 5.41) is 8.87. The molecule has 1 saturated heterocycles. The number of halogens is 1. The Balaban J connectivity index is 2.31. The highest BCUT2D eigenvalue weighted by atomic mass is 35.5. The molecule has 1 aromatic rings. The largest absolute Gasteiger partial charge is 0.380 e. The molecule has 18 heavy (non-hydrogen) atoms. The van der Waals surface area contributed by atoms with E-state index in [2.05, 4.69) is 4.72 Å². The Morgan fingerprint density at radius 3 is 2.89 bits per heavy atom. The van der Waals surface area contributed by atoms with Crippen LogP contribution in [0.15, 0.2) is 23.1 Å². The van der Waals surface area contributed by atoms with Crippen molar-refractivity contribution in [2.75, 3.05) is 13.2 Å². The summed E-state index contributed by atoms with van der Waals surface area (Å²) in [6.07, 6.45) is 0.634. The molecule has 0 saturated carbocycles. The second-order valence-corrected chi connectivity index (χ2v) is 6.03. The Kier molecular flexibility index (Phi) is 3.88. The zero-order chi connectivity index (χ0) is 13.2. The highest BCUT2D eigenvalue weighted by Gasteiger charge is 2.25. The van der Waals surface area contributed by atoms with Crippen LogP contribution in [0.25, 0.3) is 0 Å². The first kappa shape index (κ1) is 13.3. The first-order chi connectivity index (χ1) is 8.53. The number of hydrogen-bond acceptors (Lipinski definition) is 4. The number of nitrogens with one attached hydrogen (secondary N) is 1. The third kappa shape index (κ3) is 2.82. The van der Waals surface area contributed by atoms with E-state index in [0.29, 0.717) is 19.6 Å². The molecule has 0 aliphatic carbocycles. The van der Waals surface area contributed by atoms with Crippen LogP contribution in [0, 0.1) is 11.3 Å². The van der Waals surface area contributed by atoms with E-state index in [1.807, 2.05) is 6.07 Å². The predicted octanol–water partition coefficient (Wildman–Crippen LogP) is 1.28. The monoisotopic (exact) mass is 286 g/mol. The molecular weight excluding hydrogens is 276 g/mol. The molecule has 1 heterocycles. The SMILES string of the molecule is N#Cc1ccc(Cl)c(S(=O)(=O)NC2CCOC2)c1. The van der Waals surface area contributed by atoms with Gasteiger partial charge in [0.05, 0.1) is 23.3 Å². The van der Waals surface area contributed by atoms with E-state index in [1.54, 1.807) is 0 Å². The van der Waals surface area contributed by atoms with Gasteiger partial charge in [-0.25, -0.2) is 13.1 Å². The van der Waals surface area contributed by atoms with Crippen molar-refractivity contribution < 1.29 is 13.2 Å². The quantitative estimate of drug-likeness (QED) is 0.908. The summed E-state index contributed by atoms with van der Waals surface area (Å²) in [6, 6.07) is 5.78. The Morgan fingerprint density at radius 1 is 1.50 bits per heavy atom. The number of nitrogens with zero attached hydrogens (tertiary/aromatic N) is 1. The van der Waals surface area contributed by atoms with Gasteiger partial charge < -0.3 is 4.74 Å². The van der Waals surface area contributed by atoms with Gasteiger partial charge in [0.1, 0.15) is 4.90 Å². The van der Waals surface area contributed by atoms with Crippen molar-refractivity contribution in [3.8, 4) is 6.07 Å². The maximum Gasteiger partial charge on any atom is 0.242 e. The summed E-state index contributed by atoms with van der Waals surface area (Å²) >= 11 is 5.86. The Morgan fingerprint density at radius 2 is 2.28 bits per heavy atom. The zero-order valence-corrected chi connectivity index (χ0v) is 11.0. The minimum Gasteiger partial charge on any atom is -0.380 e. The van der Waals surface area contributed by atoms with E-state index in [9.17, 15) is 8.42 Å². The molecular formula is C11H11ClN2O3S. The standard InChI is InChI=1S/C11H11ClN2O3S/c12-10-2-1-8(6-13)5-11(10)18(15,16)14-9-3-4-17-7-9/h1-2,5,9,14H,3-4,7H2. The molecule has 7 heteroatoms. The van der Waals surface area contributed by atoms with Crippen LogP contribution in [-0.2, 0) is 14.8 Å². The molecule has 0 bridgehead atoms. The van der Waals surface area contributed by atoms with Crippen molar-refractivity contribution in [3.63, 3.8) is 0 Å². The van der Waals surface area contributed by atoms with Crippen LogP contribution in [0.1, 0.15) is 12.0 Å². The molecule has 1 unspecified atom stereocenters. The highest BCUT2D eigenvalue weighted by molar-refractivity contribution is 7.89. The molecule has 1 aliphatic rings. The number of hydrogen-bond donors (Lipinski definition) is 1. The maximum atomic E-state index is 12.1. The summed E-state index contributed by atoms with van der Waals surface area (Å²) in [7, 11) is -3.72. The number of rotatable bonds is 3. The van der Waals surface area contributed by atoms with Crippen LogP contribution in [0.5, 0.6) is 0 Å². The lowest BCUT2D eigenvalue weighted by Gasteiger charge is -2.12. The lowest BCUT2D eigenvalue weighted by Crippen LogP contribution is -2.35. The van der Waals surface area contributed by atoms with Crippen LogP contribution in [0.2, 0.25) is 5.02 Å². The highest BCUT2D eigenvalue weighted by Crippen LogP contribution is 2.23. The summed E-state index contributed by atoms with van der Waals surface area (Å²) < 4.78 is 31.9. The summed E-state index contributed by atoms with van der Waals surface area (Å²) in [5.74, 6) is 0. The molecule has 1 aromatic carbocycles. The van der Waals surface area contributed by atoms with Gasteiger partial charge in [0.25, 0.3) is 0 Å². The third-order valence-corrected chi connectivity index (χ3v) is 4.60. The van der Waals surface area contributed by atoms with Crippen molar-refractivity contribution >= 4 is 21.6 Å². The molecule has 1 N–H and O–H groups in total. The van der Waals surface area contributed by atoms with Gasteiger partial charge in [-0.1, -0.05) is 11.6 Å². The van der Waals surface area contributed by atoms with Gasteiger partial charge in [0, 0.05) is 12.6 Å². The smallest absolute Gasteiger partial charge is 0.242 e. The van der Waals surface area contributed by atoms with Crippen LogP contribution >= 0.6 is 11.6 Å². The van der Waals surface area contributed by atoms with Crippen molar-refractivity contribution in [1.82, 2.24) is 4.72 Å². The second-order valence-electron chi connectivity index (χ2n) is 3.94. The van der Waals surface area contributed by atoms with Crippen molar-refractivity contribution in [2.45, 2.75) is 17.4 Å². The van der Waals surface area contributed by atoms with E-state index in [0.717, 1.165) is 0 Å². The van der Waals surface area contributed by atoms with E-state index < -0.39 is 10.0 Å². The van der Waals surface area contributed by atoms with Gasteiger partial charge in [0.15, 0.2) is 0 Å². The fraction of sp³-hybridized carbons (Fsp3) is 0.364. The van der Waals surface area contributed by atoms with E-state index in [4.69, 9.17) is 21.6 Å². The van der Waals surface area contributed by atoms with Crippen LogP contribution < -0.4 is 4.72 Å². The van der Waals surface area contributed by atoms with Crippen molar-refractivity contribution in [2.24, 2.45) is 0 Å². The van der Waals surface area contributed by atoms with Gasteiger partial charge >= 0.3 is 0 Å². The van der Waals surface area contributed by atoms with E-state index in [-0.39, 0.29) is 21.5 Å². The third-order valence-electron chi connectivity index (χ3n) is 2.60. The molecule has 2 rings (SSSR count). The molecule has 1 atom stereocenters. The number of benzene rings is 1. The predicted molar refractivity (Wildman–Crippen MR) is 65.7 cm³/mol. The normalized spacial score (nSPS) is 19.7. The number of nitriles is 1. The minimum absolute atomic E-state index is 0.0740. The summed E-state index contributed by atoms with van der Waals surface area (Å²) in [5.41, 5.74) is 0.252. The van der Waals surface area contributed by atoms with Crippen molar-refractivity contribution in [1.29, 1.82) is 5.26 Å². The average molecular weight is 287 g/mol. The zero-order valence-electron chi connectivity index (χ0n) is 9.39. The summed E-state index contributed by atoms with van der Waals surface area (Å²) in [4.78, 5) is -0.0740. The number of ether oxygens (including phenoxy) is 1. The minimum atomic E-state index is -3.72. The van der Waals surface area contributed by atoms with Crippen molar-refractivity contribution in [3.05, 3.63) is 28.8 Å². The lowest BCUT2D eigenvalue weighted by molar-refractivity contribution is 0.192. The Labute approximate surface area is 110 Å². The lowest BCUT2D eigenvalue weighted by atomic mass is 10.2. The van der Waals surface area contributed by atoms with Gasteiger partial charge in [-0.3, -0.25) is 0 Å². The van der Waals surface area contributed by atoms with Crippen LogP contribution in [-0.4, -0.2) is 27.7 Å². The van der Waals surface area contributed by atoms with Crippen LogP contribution in [0.4, 0.5) is 0 Å². The Hall–Kier alpha value is -1.13. The number of sulfonamides is 1. The first-order valence-electron chi connectivity index (χ1n) is 5.32. The van der Waals surface area contributed by atoms with Gasteiger partial charge in [-0.2, -0.15) is 5.26 Å². The second kappa shape index (κ2) is 5.24. The first-order valence-corrected chi connectivity index (χ1v) is 7.19. The molecule has 5 nitrogen and oxygen atoms in total. The molecule has 96 valence electrons. The molecule has 0 radical (unpaired) electrons.